The fourth-order valence-corrected chi connectivity index (χ4v) is 3.86. The molecule has 0 spiro atoms. The van der Waals surface area contributed by atoms with Crippen molar-refractivity contribution in [3.05, 3.63) is 28.5 Å². The summed E-state index contributed by atoms with van der Waals surface area (Å²) in [5.74, 6) is -0.577. The van der Waals surface area contributed by atoms with E-state index < -0.39 is 30.4 Å². The second kappa shape index (κ2) is 5.70. The number of nitrogens with one attached hydrogen (secondary N) is 1. The molecule has 0 unspecified atom stereocenters. The summed E-state index contributed by atoms with van der Waals surface area (Å²) in [7, 11) is -7.35. The zero-order chi connectivity index (χ0) is 15.8. The van der Waals surface area contributed by atoms with Crippen LogP contribution in [0.2, 0.25) is 0 Å². The standard InChI is InChI=1S/C11H15BrFNO4S2/c1-11(2,19(3,15)16)7-14-20(17,18)10-5-4-8(13)6-9(10)12/h4-6,14H,7H2,1-3H3. The maximum Gasteiger partial charge on any atom is 0.241 e. The van der Waals surface area contributed by atoms with E-state index in [9.17, 15) is 21.2 Å². The molecule has 0 saturated carbocycles. The van der Waals surface area contributed by atoms with Crippen LogP contribution in [0.1, 0.15) is 13.8 Å². The van der Waals surface area contributed by atoms with Gasteiger partial charge in [-0.1, -0.05) is 0 Å². The van der Waals surface area contributed by atoms with Gasteiger partial charge < -0.3 is 0 Å². The summed E-state index contributed by atoms with van der Waals surface area (Å²) in [6.45, 7) is 2.56. The Morgan fingerprint density at radius 3 is 2.25 bits per heavy atom. The zero-order valence-corrected chi connectivity index (χ0v) is 14.4. The Kier molecular flexibility index (Phi) is 5.00. The van der Waals surface area contributed by atoms with Crippen molar-refractivity contribution >= 4 is 35.8 Å². The van der Waals surface area contributed by atoms with Crippen LogP contribution in [0.5, 0.6) is 0 Å². The number of sulfone groups is 1. The van der Waals surface area contributed by atoms with E-state index in [1.165, 1.54) is 13.8 Å². The predicted octanol–water partition coefficient (Wildman–Crippen LogP) is 1.69. The molecule has 0 aromatic heterocycles. The van der Waals surface area contributed by atoms with Gasteiger partial charge in [0, 0.05) is 17.3 Å². The second-order valence-corrected chi connectivity index (χ2v) is 10.2. The van der Waals surface area contributed by atoms with Crippen LogP contribution in [0.4, 0.5) is 4.39 Å². The Morgan fingerprint density at radius 2 is 1.80 bits per heavy atom. The van der Waals surface area contributed by atoms with Crippen molar-refractivity contribution in [2.45, 2.75) is 23.5 Å². The lowest BCUT2D eigenvalue weighted by atomic mass is 10.2. The molecule has 0 atom stereocenters. The zero-order valence-electron chi connectivity index (χ0n) is 11.1. The van der Waals surface area contributed by atoms with Gasteiger partial charge in [-0.25, -0.2) is 25.9 Å². The van der Waals surface area contributed by atoms with Crippen LogP contribution in [0, 0.1) is 5.82 Å². The maximum atomic E-state index is 12.9. The number of sulfonamides is 1. The number of halogens is 2. The van der Waals surface area contributed by atoms with Crippen LogP contribution >= 0.6 is 15.9 Å². The first-order valence-electron chi connectivity index (χ1n) is 5.51. The Hall–Kier alpha value is -0.510. The summed E-state index contributed by atoms with van der Waals surface area (Å²) in [4.78, 5) is -0.150. The van der Waals surface area contributed by atoms with E-state index in [1.807, 2.05) is 0 Å². The van der Waals surface area contributed by atoms with Crippen molar-refractivity contribution in [1.82, 2.24) is 4.72 Å². The third kappa shape index (κ3) is 4.00. The quantitative estimate of drug-likeness (QED) is 0.833. The molecule has 0 heterocycles. The highest BCUT2D eigenvalue weighted by atomic mass is 79.9. The topological polar surface area (TPSA) is 80.3 Å². The fraction of sp³-hybridized carbons (Fsp3) is 0.455. The van der Waals surface area contributed by atoms with E-state index in [0.717, 1.165) is 24.5 Å². The first-order valence-corrected chi connectivity index (χ1v) is 9.68. The summed E-state index contributed by atoms with van der Waals surface area (Å²) in [6, 6.07) is 3.15. The molecule has 0 fully saturated rings. The molecule has 0 aliphatic carbocycles. The van der Waals surface area contributed by atoms with E-state index in [-0.39, 0.29) is 15.9 Å². The van der Waals surface area contributed by atoms with Crippen molar-refractivity contribution < 1.29 is 21.2 Å². The SMILES string of the molecule is CC(C)(CNS(=O)(=O)c1ccc(F)cc1Br)S(C)(=O)=O. The summed E-state index contributed by atoms with van der Waals surface area (Å²) < 4.78 is 61.2. The summed E-state index contributed by atoms with van der Waals surface area (Å²) in [5.41, 5.74) is 0. The van der Waals surface area contributed by atoms with Gasteiger partial charge in [-0.15, -0.1) is 0 Å². The van der Waals surface area contributed by atoms with Gasteiger partial charge in [0.25, 0.3) is 0 Å². The molecule has 1 aromatic rings. The highest BCUT2D eigenvalue weighted by molar-refractivity contribution is 9.10. The van der Waals surface area contributed by atoms with Crippen LogP contribution in [0.15, 0.2) is 27.6 Å². The van der Waals surface area contributed by atoms with Crippen LogP contribution in [-0.2, 0) is 19.9 Å². The lowest BCUT2D eigenvalue weighted by molar-refractivity contribution is 0.536. The largest absolute Gasteiger partial charge is 0.241 e. The van der Waals surface area contributed by atoms with Gasteiger partial charge in [0.1, 0.15) is 5.82 Å². The normalized spacial score (nSPS) is 13.4. The Morgan fingerprint density at radius 1 is 1.25 bits per heavy atom. The lowest BCUT2D eigenvalue weighted by Gasteiger charge is -2.22. The van der Waals surface area contributed by atoms with E-state index in [1.54, 1.807) is 0 Å². The first kappa shape index (κ1) is 17.5. The van der Waals surface area contributed by atoms with E-state index >= 15 is 0 Å². The van der Waals surface area contributed by atoms with Crippen LogP contribution in [-0.4, -0.2) is 34.4 Å². The van der Waals surface area contributed by atoms with Crippen molar-refractivity contribution in [3.63, 3.8) is 0 Å². The summed E-state index contributed by atoms with van der Waals surface area (Å²) in [6.07, 6.45) is 1.04. The molecule has 0 radical (unpaired) electrons. The summed E-state index contributed by atoms with van der Waals surface area (Å²) >= 11 is 2.97. The highest BCUT2D eigenvalue weighted by Crippen LogP contribution is 2.23. The van der Waals surface area contributed by atoms with Crippen molar-refractivity contribution in [2.24, 2.45) is 0 Å². The monoisotopic (exact) mass is 387 g/mol. The average Bonchev–Trinajstić information content (AvgIpc) is 2.24. The Balaban J connectivity index is 3.03. The number of rotatable bonds is 5. The minimum atomic E-state index is -3.93. The number of hydrogen-bond acceptors (Lipinski definition) is 4. The number of hydrogen-bond donors (Lipinski definition) is 1. The van der Waals surface area contributed by atoms with E-state index in [4.69, 9.17) is 0 Å². The molecule has 1 rings (SSSR count). The third-order valence-corrected chi connectivity index (χ3v) is 7.40. The molecule has 9 heteroatoms. The molecule has 1 N–H and O–H groups in total. The van der Waals surface area contributed by atoms with E-state index in [0.29, 0.717) is 0 Å². The Bertz CT molecular complexity index is 714. The molecule has 0 aliphatic rings. The average molecular weight is 388 g/mol. The fourth-order valence-electron chi connectivity index (χ4n) is 1.17. The molecule has 1 aromatic carbocycles. The van der Waals surface area contributed by atoms with Gasteiger partial charge in [0.15, 0.2) is 9.84 Å². The molecule has 0 saturated heterocycles. The van der Waals surface area contributed by atoms with Crippen LogP contribution < -0.4 is 4.72 Å². The molecule has 0 aliphatic heterocycles. The maximum absolute atomic E-state index is 12.9. The molecule has 0 bridgehead atoms. The van der Waals surface area contributed by atoms with Crippen molar-refractivity contribution in [2.75, 3.05) is 12.8 Å². The van der Waals surface area contributed by atoms with Gasteiger partial charge in [0.05, 0.1) is 9.64 Å². The lowest BCUT2D eigenvalue weighted by Crippen LogP contribution is -2.43. The van der Waals surface area contributed by atoms with Gasteiger partial charge in [-0.3, -0.25) is 0 Å². The third-order valence-electron chi connectivity index (χ3n) is 2.88. The number of benzene rings is 1. The minimum absolute atomic E-state index is 0.0714. The van der Waals surface area contributed by atoms with Gasteiger partial charge in [0.2, 0.25) is 10.0 Å². The predicted molar refractivity (Wildman–Crippen MR) is 78.2 cm³/mol. The van der Waals surface area contributed by atoms with Gasteiger partial charge in [-0.2, -0.15) is 0 Å². The van der Waals surface area contributed by atoms with Gasteiger partial charge >= 0.3 is 0 Å². The summed E-state index contributed by atoms with van der Waals surface area (Å²) in [5, 5.41) is 0. The molecular formula is C11H15BrFNO4S2. The minimum Gasteiger partial charge on any atom is -0.229 e. The molecule has 5 nitrogen and oxygen atoms in total. The molecular weight excluding hydrogens is 373 g/mol. The van der Waals surface area contributed by atoms with Crippen LogP contribution in [0.3, 0.4) is 0 Å². The van der Waals surface area contributed by atoms with Crippen LogP contribution in [0.25, 0.3) is 0 Å². The molecule has 114 valence electrons. The molecule has 20 heavy (non-hydrogen) atoms. The van der Waals surface area contributed by atoms with E-state index in [2.05, 4.69) is 20.7 Å². The second-order valence-electron chi connectivity index (χ2n) is 4.93. The Labute approximate surface area is 126 Å². The first-order chi connectivity index (χ1) is 8.87. The molecule has 0 amide bonds. The highest BCUT2D eigenvalue weighted by Gasteiger charge is 2.32. The van der Waals surface area contributed by atoms with Crippen molar-refractivity contribution in [3.8, 4) is 0 Å². The van der Waals surface area contributed by atoms with Gasteiger partial charge in [-0.05, 0) is 48.0 Å². The van der Waals surface area contributed by atoms with Crippen molar-refractivity contribution in [1.29, 1.82) is 0 Å². The smallest absolute Gasteiger partial charge is 0.229 e.